The van der Waals surface area contributed by atoms with Crippen molar-refractivity contribution in [3.8, 4) is 0 Å². The zero-order chi connectivity index (χ0) is 19.0. The Hall–Kier alpha value is -1.23. The van der Waals surface area contributed by atoms with E-state index in [2.05, 4.69) is 31.9 Å². The number of esters is 1. The minimum Gasteiger partial charge on any atom is -0.456 e. The third-order valence-electron chi connectivity index (χ3n) is 3.45. The molecule has 7 nitrogen and oxygen atoms in total. The molecular weight excluding hydrogens is 482 g/mol. The monoisotopic (exact) mass is 495 g/mol. The molecule has 0 aromatic heterocycles. The largest absolute Gasteiger partial charge is 0.456 e. The van der Waals surface area contributed by atoms with Crippen LogP contribution in [0.5, 0.6) is 0 Å². The third-order valence-corrected chi connectivity index (χ3v) is 6.73. The first-order chi connectivity index (χ1) is 11.5. The van der Waals surface area contributed by atoms with Crippen LogP contribution in [0.4, 0.5) is 0 Å². The SMILES string of the molecule is CC(C)=C(C(=O)OCc1ccccc1)N1C(=O)C(Br)(Br)[C@H]1S(=O)(=O)O. The number of benzene rings is 1. The van der Waals surface area contributed by atoms with Crippen molar-refractivity contribution in [3.63, 3.8) is 0 Å². The van der Waals surface area contributed by atoms with Crippen molar-refractivity contribution in [2.24, 2.45) is 0 Å². The molecule has 1 N–H and O–H groups in total. The smallest absolute Gasteiger partial charge is 0.355 e. The van der Waals surface area contributed by atoms with Crippen LogP contribution in [0.2, 0.25) is 0 Å². The Kier molecular flexibility index (Phi) is 5.77. The molecule has 1 amide bonds. The molecule has 1 aromatic rings. The van der Waals surface area contributed by atoms with Gasteiger partial charge in [0.15, 0.2) is 8.61 Å². The van der Waals surface area contributed by atoms with Gasteiger partial charge in [-0.05, 0) is 25.0 Å². The summed E-state index contributed by atoms with van der Waals surface area (Å²) < 4.78 is 36.2. The van der Waals surface area contributed by atoms with Gasteiger partial charge in [-0.2, -0.15) is 8.42 Å². The number of β-lactam (4-membered cyclic amide) rings is 1. The van der Waals surface area contributed by atoms with E-state index in [9.17, 15) is 22.6 Å². The summed E-state index contributed by atoms with van der Waals surface area (Å²) in [4.78, 5) is 25.4. The first kappa shape index (κ1) is 20.1. The van der Waals surface area contributed by atoms with Crippen molar-refractivity contribution in [1.82, 2.24) is 4.90 Å². The normalized spacial score (nSPS) is 19.2. The van der Waals surface area contributed by atoms with Crippen LogP contribution in [0.1, 0.15) is 19.4 Å². The van der Waals surface area contributed by atoms with E-state index in [0.29, 0.717) is 10.5 Å². The summed E-state index contributed by atoms with van der Waals surface area (Å²) >= 11 is 5.85. The summed E-state index contributed by atoms with van der Waals surface area (Å²) in [6, 6.07) is 8.89. The molecule has 1 heterocycles. The number of carbonyl (C=O) groups excluding carboxylic acids is 2. The van der Waals surface area contributed by atoms with E-state index in [0.717, 1.165) is 5.56 Å². The van der Waals surface area contributed by atoms with Crippen molar-refractivity contribution in [3.05, 3.63) is 47.2 Å². The molecule has 0 saturated carbocycles. The van der Waals surface area contributed by atoms with Gasteiger partial charge in [0, 0.05) is 0 Å². The van der Waals surface area contributed by atoms with Crippen molar-refractivity contribution < 1.29 is 27.3 Å². The summed E-state index contributed by atoms with van der Waals surface area (Å²) in [7, 11) is -4.67. The second-order valence-electron chi connectivity index (χ2n) is 5.58. The molecule has 0 aliphatic carbocycles. The van der Waals surface area contributed by atoms with E-state index in [1.807, 2.05) is 6.07 Å². The Morgan fingerprint density at radius 1 is 1.28 bits per heavy atom. The first-order valence-corrected chi connectivity index (χ1v) is 10.1. The summed E-state index contributed by atoms with van der Waals surface area (Å²) in [6.07, 6.45) is 0. The molecule has 0 radical (unpaired) electrons. The molecule has 136 valence electrons. The summed E-state index contributed by atoms with van der Waals surface area (Å²) in [5.74, 6) is -1.59. The summed E-state index contributed by atoms with van der Waals surface area (Å²) in [5, 5.41) is -1.69. The highest BCUT2D eigenvalue weighted by Gasteiger charge is 2.66. The van der Waals surface area contributed by atoms with E-state index in [1.54, 1.807) is 24.3 Å². The minimum absolute atomic E-state index is 0.0389. The molecule has 2 rings (SSSR count). The minimum atomic E-state index is -4.67. The maximum Gasteiger partial charge on any atom is 0.355 e. The van der Waals surface area contributed by atoms with Gasteiger partial charge in [0.1, 0.15) is 12.3 Å². The molecule has 0 spiro atoms. The molecule has 1 aromatic carbocycles. The van der Waals surface area contributed by atoms with E-state index in [4.69, 9.17) is 4.74 Å². The number of alkyl halides is 2. The topological polar surface area (TPSA) is 101 Å². The molecule has 1 fully saturated rings. The Morgan fingerprint density at radius 3 is 2.32 bits per heavy atom. The maximum atomic E-state index is 12.4. The van der Waals surface area contributed by atoms with E-state index >= 15 is 0 Å². The molecule has 10 heteroatoms. The zero-order valence-electron chi connectivity index (χ0n) is 13.3. The number of hydrogen-bond donors (Lipinski definition) is 1. The van der Waals surface area contributed by atoms with Crippen LogP contribution in [0.15, 0.2) is 41.6 Å². The van der Waals surface area contributed by atoms with Crippen molar-refractivity contribution in [2.75, 3.05) is 0 Å². The lowest BCUT2D eigenvalue weighted by molar-refractivity contribution is -0.150. The standard InChI is InChI=1S/C15H15Br2NO6S/c1-9(2)11(12(19)24-8-10-6-4-3-5-7-10)18-13(20)15(16,17)14(18)25(21,22)23/h3-7,14H,8H2,1-2H3,(H,21,22,23)/t14-/m1/s1. The van der Waals surface area contributed by atoms with Gasteiger partial charge < -0.3 is 4.74 Å². The number of hydrogen-bond acceptors (Lipinski definition) is 5. The Bertz CT molecular complexity index is 831. The molecule has 1 aliphatic heterocycles. The number of halogens is 2. The van der Waals surface area contributed by atoms with E-state index in [1.165, 1.54) is 13.8 Å². The van der Waals surface area contributed by atoms with Crippen LogP contribution < -0.4 is 0 Å². The number of ether oxygens (including phenoxy) is 1. The highest BCUT2D eigenvalue weighted by Crippen LogP contribution is 2.48. The Balaban J connectivity index is 2.28. The van der Waals surface area contributed by atoms with Crippen molar-refractivity contribution >= 4 is 53.9 Å². The van der Waals surface area contributed by atoms with Gasteiger partial charge in [0.25, 0.3) is 16.0 Å². The maximum absolute atomic E-state index is 12.4. The predicted molar refractivity (Wildman–Crippen MR) is 97.4 cm³/mol. The third kappa shape index (κ3) is 3.97. The average molecular weight is 497 g/mol. The molecule has 25 heavy (non-hydrogen) atoms. The fraction of sp³-hybridized carbons (Fsp3) is 0.333. The van der Waals surface area contributed by atoms with E-state index in [-0.39, 0.29) is 12.3 Å². The number of carbonyl (C=O) groups is 2. The number of likely N-dealkylation sites (tertiary alicyclic amines) is 1. The van der Waals surface area contributed by atoms with Crippen LogP contribution in [0, 0.1) is 0 Å². The number of nitrogens with zero attached hydrogens (tertiary/aromatic N) is 1. The van der Waals surface area contributed by atoms with Gasteiger partial charge in [-0.15, -0.1) is 0 Å². The van der Waals surface area contributed by atoms with Gasteiger partial charge in [0.05, 0.1) is 0 Å². The summed E-state index contributed by atoms with van der Waals surface area (Å²) in [6.45, 7) is 3.04. The number of amides is 1. The van der Waals surface area contributed by atoms with Crippen LogP contribution in [-0.4, -0.2) is 38.4 Å². The molecule has 0 unspecified atom stereocenters. The van der Waals surface area contributed by atoms with Gasteiger partial charge in [-0.25, -0.2) is 4.79 Å². The lowest BCUT2D eigenvalue weighted by Gasteiger charge is -2.47. The highest BCUT2D eigenvalue weighted by molar-refractivity contribution is 9.26. The molecular formula is C15H15Br2NO6S. The number of rotatable bonds is 5. The second-order valence-corrected chi connectivity index (χ2v) is 10.6. The van der Waals surface area contributed by atoms with Gasteiger partial charge in [-0.1, -0.05) is 62.2 Å². The predicted octanol–water partition coefficient (Wildman–Crippen LogP) is 2.57. The quantitative estimate of drug-likeness (QED) is 0.221. The zero-order valence-corrected chi connectivity index (χ0v) is 17.3. The molecule has 1 atom stereocenters. The lowest BCUT2D eigenvalue weighted by atomic mass is 10.1. The summed E-state index contributed by atoms with van der Waals surface area (Å²) in [5.41, 5.74) is 0.884. The fourth-order valence-electron chi connectivity index (χ4n) is 2.34. The fourth-order valence-corrected chi connectivity index (χ4v) is 5.49. The second kappa shape index (κ2) is 7.18. The lowest BCUT2D eigenvalue weighted by Crippen LogP contribution is -2.70. The van der Waals surface area contributed by atoms with Crippen LogP contribution in [0.25, 0.3) is 0 Å². The Morgan fingerprint density at radius 2 is 1.84 bits per heavy atom. The van der Waals surface area contributed by atoms with Crippen LogP contribution in [-0.2, 0) is 31.1 Å². The van der Waals surface area contributed by atoms with Gasteiger partial charge in [0.2, 0.25) is 0 Å². The Labute approximate surface area is 162 Å². The molecule has 1 saturated heterocycles. The molecule has 0 bridgehead atoms. The highest BCUT2D eigenvalue weighted by atomic mass is 79.9. The molecule has 1 aliphatic rings. The van der Waals surface area contributed by atoms with Crippen LogP contribution >= 0.6 is 31.9 Å². The first-order valence-electron chi connectivity index (χ1n) is 7.04. The van der Waals surface area contributed by atoms with Crippen molar-refractivity contribution in [1.29, 1.82) is 0 Å². The van der Waals surface area contributed by atoms with E-state index < -0.39 is 30.6 Å². The van der Waals surface area contributed by atoms with Gasteiger partial charge in [-0.3, -0.25) is 14.2 Å². The number of allylic oxidation sites excluding steroid dienone is 1. The van der Waals surface area contributed by atoms with Crippen LogP contribution in [0.3, 0.4) is 0 Å². The average Bonchev–Trinajstić information content (AvgIpc) is 2.51. The van der Waals surface area contributed by atoms with Gasteiger partial charge >= 0.3 is 5.97 Å². The van der Waals surface area contributed by atoms with Crippen molar-refractivity contribution in [2.45, 2.75) is 29.1 Å².